The molecule has 102 valence electrons. The summed E-state index contributed by atoms with van der Waals surface area (Å²) in [6, 6.07) is 0.820. The molecule has 0 heterocycles. The Morgan fingerprint density at radius 1 is 1.06 bits per heavy atom. The van der Waals surface area contributed by atoms with Gasteiger partial charge in [0, 0.05) is 12.6 Å². The predicted molar refractivity (Wildman–Crippen MR) is 74.2 cm³/mol. The van der Waals surface area contributed by atoms with Crippen LogP contribution in [0.25, 0.3) is 0 Å². The number of aliphatic hydroxyl groups excluding tert-OH is 1. The molecule has 0 aromatic carbocycles. The first kappa shape index (κ1) is 15.0. The molecule has 17 heavy (non-hydrogen) atoms. The van der Waals surface area contributed by atoms with E-state index in [1.165, 1.54) is 51.5 Å². The Morgan fingerprint density at radius 3 is 2.24 bits per heavy atom. The van der Waals surface area contributed by atoms with Crippen molar-refractivity contribution in [1.29, 1.82) is 0 Å². The molecule has 0 aromatic rings. The van der Waals surface area contributed by atoms with Gasteiger partial charge in [0.05, 0.1) is 0 Å². The number of nitrogens with zero attached hydrogens (tertiary/aromatic N) is 1. The Hall–Kier alpha value is -0.0800. The van der Waals surface area contributed by atoms with Crippen LogP contribution in [0.1, 0.15) is 65.2 Å². The molecule has 0 bridgehead atoms. The van der Waals surface area contributed by atoms with Gasteiger partial charge in [-0.2, -0.15) is 0 Å². The van der Waals surface area contributed by atoms with E-state index in [4.69, 9.17) is 5.11 Å². The molecule has 1 saturated carbocycles. The first-order valence-corrected chi connectivity index (χ1v) is 7.36. The summed E-state index contributed by atoms with van der Waals surface area (Å²) in [5.74, 6) is 0. The zero-order valence-corrected chi connectivity index (χ0v) is 12.0. The second-order valence-electron chi connectivity index (χ2n) is 6.51. The highest BCUT2D eigenvalue weighted by Crippen LogP contribution is 2.36. The lowest BCUT2D eigenvalue weighted by molar-refractivity contribution is 0.126. The fourth-order valence-corrected chi connectivity index (χ4v) is 2.83. The number of unbranched alkanes of at least 4 members (excludes halogenated alkanes) is 3. The molecular weight excluding hydrogens is 210 g/mol. The maximum Gasteiger partial charge on any atom is 0.0431 e. The standard InChI is InChI=1S/C15H31NO/c1-15(2)10-8-14(9-11-15)16(3)12-6-4-5-7-13-17/h14,17H,4-13H2,1-3H3. The Bertz CT molecular complexity index is 193. The van der Waals surface area contributed by atoms with E-state index in [0.717, 1.165) is 12.5 Å². The SMILES string of the molecule is CN(CCCCCCO)C1CCC(C)(C)CC1. The average Bonchev–Trinajstić information content (AvgIpc) is 2.28. The van der Waals surface area contributed by atoms with Gasteiger partial charge in [-0.15, -0.1) is 0 Å². The van der Waals surface area contributed by atoms with Crippen molar-refractivity contribution in [3.8, 4) is 0 Å². The maximum atomic E-state index is 8.72. The molecule has 0 aromatic heterocycles. The van der Waals surface area contributed by atoms with Crippen LogP contribution in [0.4, 0.5) is 0 Å². The Morgan fingerprint density at radius 2 is 1.65 bits per heavy atom. The molecule has 1 aliphatic rings. The second-order valence-corrected chi connectivity index (χ2v) is 6.51. The average molecular weight is 241 g/mol. The van der Waals surface area contributed by atoms with Gasteiger partial charge >= 0.3 is 0 Å². The van der Waals surface area contributed by atoms with Gasteiger partial charge in [-0.1, -0.05) is 26.7 Å². The topological polar surface area (TPSA) is 23.5 Å². The maximum absolute atomic E-state index is 8.72. The van der Waals surface area contributed by atoms with Crippen LogP contribution in [0.2, 0.25) is 0 Å². The summed E-state index contributed by atoms with van der Waals surface area (Å²) in [6.45, 7) is 6.39. The molecule has 0 radical (unpaired) electrons. The summed E-state index contributed by atoms with van der Waals surface area (Å²) < 4.78 is 0. The minimum absolute atomic E-state index is 0.355. The van der Waals surface area contributed by atoms with E-state index in [1.807, 2.05) is 0 Å². The van der Waals surface area contributed by atoms with Crippen LogP contribution in [-0.2, 0) is 0 Å². The Labute approximate surface area is 107 Å². The van der Waals surface area contributed by atoms with E-state index in [2.05, 4.69) is 25.8 Å². The van der Waals surface area contributed by atoms with Crippen molar-refractivity contribution >= 4 is 0 Å². The van der Waals surface area contributed by atoms with Gasteiger partial charge in [0.25, 0.3) is 0 Å². The van der Waals surface area contributed by atoms with Crippen molar-refractivity contribution in [3.63, 3.8) is 0 Å². The van der Waals surface area contributed by atoms with Crippen molar-refractivity contribution in [2.45, 2.75) is 71.3 Å². The highest BCUT2D eigenvalue weighted by molar-refractivity contribution is 4.82. The third kappa shape index (κ3) is 5.87. The Balaban J connectivity index is 2.10. The van der Waals surface area contributed by atoms with Crippen molar-refractivity contribution in [3.05, 3.63) is 0 Å². The minimum Gasteiger partial charge on any atom is -0.396 e. The molecule has 1 N–H and O–H groups in total. The van der Waals surface area contributed by atoms with E-state index in [1.54, 1.807) is 0 Å². The van der Waals surface area contributed by atoms with Crippen LogP contribution in [0, 0.1) is 5.41 Å². The summed E-state index contributed by atoms with van der Waals surface area (Å²) in [5, 5.41) is 8.72. The minimum atomic E-state index is 0.355. The van der Waals surface area contributed by atoms with E-state index >= 15 is 0 Å². The lowest BCUT2D eigenvalue weighted by Gasteiger charge is -2.38. The lowest BCUT2D eigenvalue weighted by atomic mass is 9.75. The van der Waals surface area contributed by atoms with Crippen LogP contribution in [-0.4, -0.2) is 36.2 Å². The summed E-state index contributed by atoms with van der Waals surface area (Å²) in [5.41, 5.74) is 0.582. The molecule has 0 amide bonds. The first-order chi connectivity index (χ1) is 8.05. The van der Waals surface area contributed by atoms with Gasteiger partial charge in [-0.25, -0.2) is 0 Å². The molecule has 0 aliphatic heterocycles. The monoisotopic (exact) mass is 241 g/mol. The highest BCUT2D eigenvalue weighted by Gasteiger charge is 2.28. The van der Waals surface area contributed by atoms with E-state index < -0.39 is 0 Å². The van der Waals surface area contributed by atoms with Gasteiger partial charge < -0.3 is 10.0 Å². The summed E-state index contributed by atoms with van der Waals surface area (Å²) in [6.07, 6.45) is 10.2. The summed E-state index contributed by atoms with van der Waals surface area (Å²) >= 11 is 0. The quantitative estimate of drug-likeness (QED) is 0.690. The van der Waals surface area contributed by atoms with E-state index in [-0.39, 0.29) is 0 Å². The van der Waals surface area contributed by atoms with Crippen molar-refractivity contribution in [1.82, 2.24) is 4.90 Å². The van der Waals surface area contributed by atoms with Crippen LogP contribution >= 0.6 is 0 Å². The highest BCUT2D eigenvalue weighted by atomic mass is 16.2. The van der Waals surface area contributed by atoms with E-state index in [9.17, 15) is 0 Å². The van der Waals surface area contributed by atoms with Crippen LogP contribution < -0.4 is 0 Å². The number of rotatable bonds is 7. The Kier molecular flexibility index (Phi) is 6.50. The molecule has 0 atom stereocenters. The largest absolute Gasteiger partial charge is 0.396 e. The third-order valence-electron chi connectivity index (χ3n) is 4.35. The molecule has 0 saturated heterocycles. The van der Waals surface area contributed by atoms with Gasteiger partial charge in [0.15, 0.2) is 0 Å². The zero-order valence-electron chi connectivity index (χ0n) is 12.0. The number of aliphatic hydroxyl groups is 1. The predicted octanol–water partition coefficient (Wildman–Crippen LogP) is 3.44. The second kappa shape index (κ2) is 7.38. The fourth-order valence-electron chi connectivity index (χ4n) is 2.83. The van der Waals surface area contributed by atoms with Crippen LogP contribution in [0.5, 0.6) is 0 Å². The normalized spacial score (nSPS) is 21.0. The fraction of sp³-hybridized carbons (Fsp3) is 1.00. The smallest absolute Gasteiger partial charge is 0.0431 e. The summed E-state index contributed by atoms with van der Waals surface area (Å²) in [7, 11) is 2.29. The molecule has 1 fully saturated rings. The van der Waals surface area contributed by atoms with Gasteiger partial charge in [0.2, 0.25) is 0 Å². The molecule has 0 spiro atoms. The van der Waals surface area contributed by atoms with Crippen molar-refractivity contribution < 1.29 is 5.11 Å². The van der Waals surface area contributed by atoms with Gasteiger partial charge in [-0.3, -0.25) is 0 Å². The van der Waals surface area contributed by atoms with Crippen LogP contribution in [0.15, 0.2) is 0 Å². The molecule has 2 nitrogen and oxygen atoms in total. The van der Waals surface area contributed by atoms with Crippen molar-refractivity contribution in [2.75, 3.05) is 20.2 Å². The number of hydrogen-bond acceptors (Lipinski definition) is 2. The van der Waals surface area contributed by atoms with Crippen LogP contribution in [0.3, 0.4) is 0 Å². The van der Waals surface area contributed by atoms with Gasteiger partial charge in [-0.05, 0) is 57.5 Å². The van der Waals surface area contributed by atoms with E-state index in [0.29, 0.717) is 12.0 Å². The number of hydrogen-bond donors (Lipinski definition) is 1. The molecular formula is C15H31NO. The molecule has 1 rings (SSSR count). The molecule has 2 heteroatoms. The molecule has 0 unspecified atom stereocenters. The zero-order chi connectivity index (χ0) is 12.7. The van der Waals surface area contributed by atoms with Crippen molar-refractivity contribution in [2.24, 2.45) is 5.41 Å². The third-order valence-corrected chi connectivity index (χ3v) is 4.35. The lowest BCUT2D eigenvalue weighted by Crippen LogP contribution is -2.37. The molecule has 1 aliphatic carbocycles. The van der Waals surface area contributed by atoms with Gasteiger partial charge in [0.1, 0.15) is 0 Å². The first-order valence-electron chi connectivity index (χ1n) is 7.36. The summed E-state index contributed by atoms with van der Waals surface area (Å²) in [4.78, 5) is 2.56.